The third kappa shape index (κ3) is 7.43. The number of fused-ring (bicyclic) bond motifs is 1. The van der Waals surface area contributed by atoms with Crippen molar-refractivity contribution in [3.05, 3.63) is 52.0 Å². The molecule has 37 heavy (non-hydrogen) atoms. The van der Waals surface area contributed by atoms with Crippen molar-refractivity contribution in [2.75, 3.05) is 36.9 Å². The van der Waals surface area contributed by atoms with Crippen LogP contribution in [0.3, 0.4) is 0 Å². The second-order valence-corrected chi connectivity index (χ2v) is 11.3. The van der Waals surface area contributed by atoms with Crippen LogP contribution in [0.5, 0.6) is 11.5 Å². The molecule has 12 heteroatoms. The van der Waals surface area contributed by atoms with E-state index in [1.54, 1.807) is 37.3 Å². The highest BCUT2D eigenvalue weighted by Crippen LogP contribution is 2.35. The lowest BCUT2D eigenvalue weighted by Crippen LogP contribution is -2.52. The Morgan fingerprint density at radius 2 is 1.76 bits per heavy atom. The number of anilines is 1. The molecular formula is C25H31Cl2N3O6S. The molecule has 0 radical (unpaired) electrons. The molecule has 1 aliphatic heterocycles. The molecule has 0 bridgehead atoms. The van der Waals surface area contributed by atoms with Gasteiger partial charge in [-0.2, -0.15) is 0 Å². The van der Waals surface area contributed by atoms with E-state index in [0.717, 1.165) is 17.0 Å². The number of carbonyl (C=O) groups excluding carboxylic acids is 2. The molecule has 202 valence electrons. The second kappa shape index (κ2) is 12.7. The first kappa shape index (κ1) is 28.9. The summed E-state index contributed by atoms with van der Waals surface area (Å²) in [7, 11) is -3.88. The van der Waals surface area contributed by atoms with Gasteiger partial charge in [-0.3, -0.25) is 13.9 Å². The number of nitrogens with one attached hydrogen (secondary N) is 1. The standard InChI is InChI=1S/C25H31Cl2N3O6S/c1-4-10-28-25(32)21(5-2)29(15-17-6-7-18(26)13-20(17)27)24(31)16-30(37(3,33)34)19-8-9-22-23(14-19)36-12-11-35-22/h6-9,13-14,21H,4-5,10-12,15-16H2,1-3H3,(H,28,32)/t21-/m1/s1. The van der Waals surface area contributed by atoms with Crippen LogP contribution >= 0.6 is 23.2 Å². The number of sulfonamides is 1. The first-order chi connectivity index (χ1) is 17.5. The molecule has 0 aromatic heterocycles. The van der Waals surface area contributed by atoms with Gasteiger partial charge >= 0.3 is 0 Å². The van der Waals surface area contributed by atoms with Crippen molar-refractivity contribution in [3.8, 4) is 11.5 Å². The summed E-state index contributed by atoms with van der Waals surface area (Å²) in [6, 6.07) is 8.70. The molecule has 1 aliphatic rings. The minimum atomic E-state index is -3.88. The molecule has 2 amide bonds. The van der Waals surface area contributed by atoms with E-state index >= 15 is 0 Å². The highest BCUT2D eigenvalue weighted by atomic mass is 35.5. The predicted octanol–water partition coefficient (Wildman–Crippen LogP) is 3.86. The number of hydrogen-bond acceptors (Lipinski definition) is 6. The summed E-state index contributed by atoms with van der Waals surface area (Å²) in [6.07, 6.45) is 2.06. The summed E-state index contributed by atoms with van der Waals surface area (Å²) in [5.74, 6) is -0.00898. The van der Waals surface area contributed by atoms with Crippen molar-refractivity contribution >= 4 is 50.7 Å². The molecular weight excluding hydrogens is 541 g/mol. The van der Waals surface area contributed by atoms with Gasteiger partial charge in [0, 0.05) is 29.2 Å². The molecule has 0 unspecified atom stereocenters. The van der Waals surface area contributed by atoms with E-state index in [1.165, 1.54) is 11.0 Å². The van der Waals surface area contributed by atoms with Gasteiger partial charge in [-0.25, -0.2) is 8.42 Å². The summed E-state index contributed by atoms with van der Waals surface area (Å²) in [5.41, 5.74) is 0.819. The minimum Gasteiger partial charge on any atom is -0.486 e. The van der Waals surface area contributed by atoms with Crippen LogP contribution in [0, 0.1) is 0 Å². The minimum absolute atomic E-state index is 0.00831. The number of amides is 2. The summed E-state index contributed by atoms with van der Waals surface area (Å²) in [5, 5.41) is 3.59. The van der Waals surface area contributed by atoms with Crippen LogP contribution < -0.4 is 19.1 Å². The molecule has 0 spiro atoms. The van der Waals surface area contributed by atoms with Crippen LogP contribution in [0.1, 0.15) is 32.3 Å². The maximum absolute atomic E-state index is 13.7. The van der Waals surface area contributed by atoms with Crippen LogP contribution in [0.4, 0.5) is 5.69 Å². The van der Waals surface area contributed by atoms with E-state index in [1.807, 2.05) is 6.92 Å². The van der Waals surface area contributed by atoms with E-state index in [0.29, 0.717) is 53.3 Å². The summed E-state index contributed by atoms with van der Waals surface area (Å²) in [4.78, 5) is 28.1. The van der Waals surface area contributed by atoms with E-state index in [9.17, 15) is 18.0 Å². The van der Waals surface area contributed by atoms with Crippen LogP contribution in [0.15, 0.2) is 36.4 Å². The Hall–Kier alpha value is -2.69. The lowest BCUT2D eigenvalue weighted by atomic mass is 10.1. The van der Waals surface area contributed by atoms with Crippen LogP contribution in [0.2, 0.25) is 10.0 Å². The maximum atomic E-state index is 13.7. The Labute approximate surface area is 227 Å². The molecule has 0 saturated heterocycles. The van der Waals surface area contributed by atoms with E-state index < -0.39 is 28.5 Å². The molecule has 2 aromatic carbocycles. The monoisotopic (exact) mass is 571 g/mol. The van der Waals surface area contributed by atoms with Gasteiger partial charge in [0.15, 0.2) is 11.5 Å². The molecule has 9 nitrogen and oxygen atoms in total. The Morgan fingerprint density at radius 3 is 2.38 bits per heavy atom. The largest absolute Gasteiger partial charge is 0.486 e. The van der Waals surface area contributed by atoms with Crippen molar-refractivity contribution in [1.29, 1.82) is 0 Å². The summed E-state index contributed by atoms with van der Waals surface area (Å²) in [6.45, 7) is 4.35. The van der Waals surface area contributed by atoms with E-state index in [-0.39, 0.29) is 18.1 Å². The zero-order chi connectivity index (χ0) is 27.2. The van der Waals surface area contributed by atoms with E-state index in [4.69, 9.17) is 32.7 Å². The smallest absolute Gasteiger partial charge is 0.244 e. The topological polar surface area (TPSA) is 105 Å². The maximum Gasteiger partial charge on any atom is 0.244 e. The van der Waals surface area contributed by atoms with Gasteiger partial charge in [-0.1, -0.05) is 43.1 Å². The van der Waals surface area contributed by atoms with Gasteiger partial charge in [0.1, 0.15) is 25.8 Å². The first-order valence-corrected chi connectivity index (χ1v) is 14.5. The van der Waals surface area contributed by atoms with Crippen molar-refractivity contribution in [2.24, 2.45) is 0 Å². The number of ether oxygens (including phenoxy) is 2. The molecule has 1 N–H and O–H groups in total. The normalized spacial score (nSPS) is 13.5. The Morgan fingerprint density at radius 1 is 1.05 bits per heavy atom. The van der Waals surface area contributed by atoms with Gasteiger partial charge in [-0.15, -0.1) is 0 Å². The van der Waals surface area contributed by atoms with Gasteiger partial charge in [0.05, 0.1) is 11.9 Å². The fraction of sp³-hybridized carbons (Fsp3) is 0.440. The Bertz CT molecular complexity index is 1240. The number of benzene rings is 2. The SMILES string of the molecule is CCCNC(=O)[C@@H](CC)N(Cc1ccc(Cl)cc1Cl)C(=O)CN(c1ccc2c(c1)OCCO2)S(C)(=O)=O. The highest BCUT2D eigenvalue weighted by Gasteiger charge is 2.32. The average molecular weight is 573 g/mol. The molecule has 0 aliphatic carbocycles. The quantitative estimate of drug-likeness (QED) is 0.439. The lowest BCUT2D eigenvalue weighted by Gasteiger charge is -2.33. The second-order valence-electron chi connectivity index (χ2n) is 8.57. The molecule has 2 aromatic rings. The fourth-order valence-corrected chi connectivity index (χ4v) is 5.23. The van der Waals surface area contributed by atoms with Gasteiger partial charge < -0.3 is 19.7 Å². The fourth-order valence-electron chi connectivity index (χ4n) is 3.92. The zero-order valence-electron chi connectivity index (χ0n) is 21.0. The molecule has 3 rings (SSSR count). The molecule has 0 saturated carbocycles. The van der Waals surface area contributed by atoms with Crippen molar-refractivity contribution in [3.63, 3.8) is 0 Å². The van der Waals surface area contributed by atoms with Gasteiger partial charge in [0.25, 0.3) is 0 Å². The van der Waals surface area contributed by atoms with Crippen LogP contribution in [0.25, 0.3) is 0 Å². The number of carbonyl (C=O) groups is 2. The average Bonchev–Trinajstić information content (AvgIpc) is 2.86. The zero-order valence-corrected chi connectivity index (χ0v) is 23.3. The van der Waals surface area contributed by atoms with E-state index in [2.05, 4.69) is 5.32 Å². The Balaban J connectivity index is 1.96. The van der Waals surface area contributed by atoms with Gasteiger partial charge in [0.2, 0.25) is 21.8 Å². The summed E-state index contributed by atoms with van der Waals surface area (Å²) < 4.78 is 37.7. The van der Waals surface area contributed by atoms with Crippen molar-refractivity contribution < 1.29 is 27.5 Å². The molecule has 1 atom stereocenters. The third-order valence-corrected chi connectivity index (χ3v) is 7.51. The number of hydrogen-bond donors (Lipinski definition) is 1. The predicted molar refractivity (Wildman–Crippen MR) is 144 cm³/mol. The highest BCUT2D eigenvalue weighted by molar-refractivity contribution is 7.92. The number of halogens is 2. The third-order valence-electron chi connectivity index (χ3n) is 5.78. The lowest BCUT2D eigenvalue weighted by molar-refractivity contribution is -0.140. The molecule has 0 fully saturated rings. The number of nitrogens with zero attached hydrogens (tertiary/aromatic N) is 2. The van der Waals surface area contributed by atoms with Crippen molar-refractivity contribution in [2.45, 2.75) is 39.3 Å². The first-order valence-electron chi connectivity index (χ1n) is 11.9. The van der Waals surface area contributed by atoms with Gasteiger partial charge in [-0.05, 0) is 42.7 Å². The van der Waals surface area contributed by atoms with Crippen molar-refractivity contribution in [1.82, 2.24) is 10.2 Å². The Kier molecular flexibility index (Phi) is 9.92. The van der Waals surface area contributed by atoms with Crippen LogP contribution in [-0.2, 0) is 26.2 Å². The molecule has 1 heterocycles. The number of rotatable bonds is 11. The summed E-state index contributed by atoms with van der Waals surface area (Å²) >= 11 is 12.4. The van der Waals surface area contributed by atoms with Crippen LogP contribution in [-0.4, -0.2) is 63.7 Å².